The van der Waals surface area contributed by atoms with Crippen LogP contribution >= 0.6 is 35.3 Å². The molecule has 5 unspecified atom stereocenters. The molecule has 5 fully saturated rings. The topological polar surface area (TPSA) is 161 Å². The third kappa shape index (κ3) is 8.86. The Balaban J connectivity index is 1.12. The van der Waals surface area contributed by atoms with E-state index in [1.54, 1.807) is 54.6 Å². The summed E-state index contributed by atoms with van der Waals surface area (Å²) >= 11 is 5.74. The fraction of sp³-hybridized carbons (Fsp3) is 0.395. The van der Waals surface area contributed by atoms with Crippen LogP contribution in [0.4, 0.5) is 0 Å². The lowest BCUT2D eigenvalue weighted by Crippen LogP contribution is -2.63. The van der Waals surface area contributed by atoms with Gasteiger partial charge in [0.15, 0.2) is 12.2 Å². The lowest BCUT2D eigenvalue weighted by molar-refractivity contribution is -0.290. The molecule has 5 atom stereocenters. The largest absolute Gasteiger partial charge is 0.459 e. The number of thioether (sulfide) groups is 3. The quantitative estimate of drug-likeness (QED) is 0.184. The zero-order chi connectivity index (χ0) is 37.0. The summed E-state index contributed by atoms with van der Waals surface area (Å²) < 4.78 is 36.3. The second-order valence-corrected chi connectivity index (χ2v) is 18.0. The second kappa shape index (κ2) is 16.6. The summed E-state index contributed by atoms with van der Waals surface area (Å²) in [5.74, 6) is -4.02. The van der Waals surface area contributed by atoms with E-state index in [0.29, 0.717) is 13.7 Å². The van der Waals surface area contributed by atoms with Crippen LogP contribution in [0.2, 0.25) is 0 Å². The van der Waals surface area contributed by atoms with Gasteiger partial charge in [0.05, 0.1) is 49.9 Å². The van der Waals surface area contributed by atoms with Gasteiger partial charge in [-0.1, -0.05) is 54.6 Å². The first-order valence-electron chi connectivity index (χ1n) is 17.1. The number of rotatable bonds is 12. The lowest BCUT2D eigenvalue weighted by Gasteiger charge is -2.54. The number of hydrogen-bond acceptors (Lipinski definition) is 15. The molecule has 0 amide bonds. The summed E-state index contributed by atoms with van der Waals surface area (Å²) in [5.41, 5.74) is -0.138. The molecule has 0 aromatic heterocycles. The van der Waals surface area contributed by atoms with Crippen molar-refractivity contribution in [3.05, 3.63) is 108 Å². The van der Waals surface area contributed by atoms with Crippen molar-refractivity contribution in [3.63, 3.8) is 0 Å². The van der Waals surface area contributed by atoms with Crippen LogP contribution in [0.15, 0.2) is 91.0 Å². The highest BCUT2D eigenvalue weighted by molar-refractivity contribution is 8.33. The number of aliphatic hydroxyl groups excluding tert-OH is 1. The van der Waals surface area contributed by atoms with Crippen LogP contribution in [0.5, 0.6) is 0 Å². The summed E-state index contributed by atoms with van der Waals surface area (Å²) in [7, 11) is 0. The summed E-state index contributed by atoms with van der Waals surface area (Å²) in [5, 5.41) is 10.5. The highest BCUT2D eigenvalue weighted by atomic mass is 32.3. The van der Waals surface area contributed by atoms with Gasteiger partial charge < -0.3 is 33.5 Å². The highest BCUT2D eigenvalue weighted by Crippen LogP contribution is 2.64. The van der Waals surface area contributed by atoms with Gasteiger partial charge in [-0.25, -0.2) is 14.4 Å². The maximum atomic E-state index is 13.5. The van der Waals surface area contributed by atoms with Crippen LogP contribution in [0, 0.1) is 0 Å². The number of benzene rings is 3. The van der Waals surface area contributed by atoms with Crippen molar-refractivity contribution in [2.24, 2.45) is 0 Å². The molecule has 8 rings (SSSR count). The average molecular weight is 781 g/mol. The van der Waals surface area contributed by atoms with Gasteiger partial charge >= 0.3 is 29.8 Å². The van der Waals surface area contributed by atoms with E-state index >= 15 is 0 Å². The Bertz CT molecular complexity index is 1760. The molecule has 5 heterocycles. The van der Waals surface area contributed by atoms with Crippen molar-refractivity contribution in [1.82, 2.24) is 0 Å². The molecule has 0 saturated carbocycles. The van der Waals surface area contributed by atoms with E-state index in [1.165, 1.54) is 36.4 Å². The fourth-order valence-corrected chi connectivity index (χ4v) is 13.9. The normalized spacial score (nSPS) is 29.8. The Morgan fingerprint density at radius 3 is 1.45 bits per heavy atom. The minimum atomic E-state index is -1.75. The molecule has 0 radical (unpaired) electrons. The van der Waals surface area contributed by atoms with Crippen LogP contribution in [0.3, 0.4) is 0 Å². The molecule has 4 bridgehead atoms. The Morgan fingerprint density at radius 2 is 1.00 bits per heavy atom. The molecule has 0 aliphatic carbocycles. The molecule has 5 aliphatic heterocycles. The monoisotopic (exact) mass is 780 g/mol. The Morgan fingerprint density at radius 1 is 0.585 bits per heavy atom. The zero-order valence-corrected chi connectivity index (χ0v) is 30.6. The molecule has 0 spiro atoms. The Labute approximate surface area is 317 Å². The summed E-state index contributed by atoms with van der Waals surface area (Å²) in [6.45, 7) is -0.772. The van der Waals surface area contributed by atoms with Crippen molar-refractivity contribution in [2.75, 3.05) is 6.61 Å². The first-order chi connectivity index (χ1) is 25.7. The fourth-order valence-electron chi connectivity index (χ4n) is 6.68. The van der Waals surface area contributed by atoms with Gasteiger partial charge in [-0.15, -0.1) is 35.3 Å². The van der Waals surface area contributed by atoms with Crippen molar-refractivity contribution < 1.29 is 57.5 Å². The second-order valence-electron chi connectivity index (χ2n) is 12.9. The molecule has 3 aromatic rings. The molecule has 12 nitrogen and oxygen atoms in total. The van der Waals surface area contributed by atoms with Crippen LogP contribution in [0.1, 0.15) is 63.2 Å². The molecule has 5 aliphatic rings. The molecule has 1 N–H and O–H groups in total. The number of esters is 5. The van der Waals surface area contributed by atoms with E-state index in [0.717, 1.165) is 19.3 Å². The Kier molecular flexibility index (Phi) is 11.7. The van der Waals surface area contributed by atoms with E-state index in [-0.39, 0.29) is 23.1 Å². The molecular formula is C38H36O12S3. The minimum Gasteiger partial charge on any atom is -0.459 e. The van der Waals surface area contributed by atoms with E-state index in [9.17, 15) is 29.1 Å². The van der Waals surface area contributed by atoms with Crippen LogP contribution in [-0.2, 0) is 38.0 Å². The number of ether oxygens (including phenoxy) is 6. The molecular weight excluding hydrogens is 745 g/mol. The highest BCUT2D eigenvalue weighted by Gasteiger charge is 2.56. The van der Waals surface area contributed by atoms with E-state index in [4.69, 9.17) is 28.4 Å². The Hall–Kier alpha value is -4.02. The van der Waals surface area contributed by atoms with Gasteiger partial charge in [0.25, 0.3) is 0 Å². The van der Waals surface area contributed by atoms with Gasteiger partial charge in [0.2, 0.25) is 12.4 Å². The van der Waals surface area contributed by atoms with Crippen LogP contribution in [-0.4, -0.2) is 91.6 Å². The van der Waals surface area contributed by atoms with Gasteiger partial charge in [0, 0.05) is 19.3 Å². The van der Waals surface area contributed by atoms with Gasteiger partial charge in [-0.05, 0) is 36.4 Å². The SMILES string of the molecule is O=C(CCC(=O)OC12CC3SC(C1)SC(C2)S3)OC1OC(CO)C(OC(=O)c2ccccc2)C(OC(=O)c2ccccc2)C1OC(=O)c1ccccc1. The molecule has 3 aromatic carbocycles. The van der Waals surface area contributed by atoms with Gasteiger partial charge in [-0.3, -0.25) is 9.59 Å². The zero-order valence-electron chi connectivity index (χ0n) is 28.2. The first kappa shape index (κ1) is 37.3. The maximum Gasteiger partial charge on any atom is 0.338 e. The first-order valence-corrected chi connectivity index (χ1v) is 19.9. The molecule has 15 heteroatoms. The summed E-state index contributed by atoms with van der Waals surface area (Å²) in [4.78, 5) is 66.7. The van der Waals surface area contributed by atoms with Crippen molar-refractivity contribution in [3.8, 4) is 0 Å². The number of aliphatic hydroxyl groups is 1. The summed E-state index contributed by atoms with van der Waals surface area (Å²) in [6, 6.07) is 23.8. The van der Waals surface area contributed by atoms with Crippen LogP contribution in [0.25, 0.3) is 0 Å². The average Bonchev–Trinajstić information content (AvgIpc) is 3.16. The predicted molar refractivity (Wildman–Crippen MR) is 195 cm³/mol. The number of carbonyl (C=O) groups excluding carboxylic acids is 5. The van der Waals surface area contributed by atoms with Gasteiger partial charge in [-0.2, -0.15) is 0 Å². The van der Waals surface area contributed by atoms with E-state index in [2.05, 4.69) is 0 Å². The van der Waals surface area contributed by atoms with Crippen molar-refractivity contribution in [1.29, 1.82) is 0 Å². The summed E-state index contributed by atoms with van der Waals surface area (Å²) in [6.07, 6.45) is -6.41. The lowest BCUT2D eigenvalue weighted by atomic mass is 9.92. The number of hydrogen-bond donors (Lipinski definition) is 1. The standard InChI is InChI=1S/C38H36O12S3/c39-21-25-31(47-34(42)22-10-4-1-5-11-22)32(48-35(43)23-12-6-2-7-13-23)33(49-36(44)24-14-8-3-9-15-24)37(45-25)46-26(40)16-17-27(41)50-38-18-28-51-29(19-38)53-30(20-38)52-28/h1-15,25,28-33,37,39H,16-21H2. The third-order valence-electron chi connectivity index (χ3n) is 9.17. The molecule has 278 valence electrons. The molecule has 5 saturated heterocycles. The van der Waals surface area contributed by atoms with Gasteiger partial charge in [0.1, 0.15) is 11.7 Å². The van der Waals surface area contributed by atoms with Crippen molar-refractivity contribution >= 4 is 65.1 Å². The van der Waals surface area contributed by atoms with E-state index in [1.807, 2.05) is 35.3 Å². The van der Waals surface area contributed by atoms with Crippen molar-refractivity contribution in [2.45, 2.75) is 82.2 Å². The smallest absolute Gasteiger partial charge is 0.338 e. The van der Waals surface area contributed by atoms with Crippen LogP contribution < -0.4 is 0 Å². The predicted octanol–water partition coefficient (Wildman–Crippen LogP) is 5.37. The van der Waals surface area contributed by atoms with E-state index < -0.39 is 79.2 Å². The number of carbonyl (C=O) groups is 5. The molecule has 53 heavy (non-hydrogen) atoms. The minimum absolute atomic E-state index is 0.121. The maximum absolute atomic E-state index is 13.5. The third-order valence-corrected chi connectivity index (χ3v) is 14.0.